The van der Waals surface area contributed by atoms with Gasteiger partial charge in [0.05, 0.1) is 5.69 Å². The van der Waals surface area contributed by atoms with Gasteiger partial charge < -0.3 is 0 Å². The van der Waals surface area contributed by atoms with Crippen LogP contribution >= 0.6 is 22.6 Å². The number of aromatic nitrogens is 4. The molecule has 0 aliphatic rings. The van der Waals surface area contributed by atoms with E-state index in [9.17, 15) is 0 Å². The summed E-state index contributed by atoms with van der Waals surface area (Å²) in [6.45, 7) is 0. The maximum atomic E-state index is 4.60. The molecule has 3 rings (SSSR count). The summed E-state index contributed by atoms with van der Waals surface area (Å²) in [6.07, 6.45) is 7.00. The highest BCUT2D eigenvalue weighted by Crippen LogP contribution is 2.22. The third-order valence-corrected chi connectivity index (χ3v) is 3.16. The lowest BCUT2D eigenvalue weighted by molar-refractivity contribution is 1.14. The first-order valence-electron chi connectivity index (χ1n) is 5.68. The molecule has 3 aromatic rings. The first kappa shape index (κ1) is 12.2. The molecule has 0 N–H and O–H groups in total. The fourth-order valence-electron chi connectivity index (χ4n) is 1.72. The van der Waals surface area contributed by atoms with Crippen LogP contribution in [0.15, 0.2) is 55.1 Å². The molecule has 3 aromatic heterocycles. The van der Waals surface area contributed by atoms with Crippen LogP contribution < -0.4 is 0 Å². The van der Waals surface area contributed by atoms with E-state index >= 15 is 0 Å². The molecule has 19 heavy (non-hydrogen) atoms. The Morgan fingerprint density at radius 1 is 0.737 bits per heavy atom. The molecule has 5 heteroatoms. The minimum Gasteiger partial charge on any atom is -0.265 e. The van der Waals surface area contributed by atoms with Crippen molar-refractivity contribution < 1.29 is 0 Å². The molecule has 92 valence electrons. The molecule has 0 atom stereocenters. The number of rotatable bonds is 2. The zero-order chi connectivity index (χ0) is 13.1. The third kappa shape index (κ3) is 2.76. The first-order valence-corrected chi connectivity index (χ1v) is 6.76. The zero-order valence-electron chi connectivity index (χ0n) is 9.86. The summed E-state index contributed by atoms with van der Waals surface area (Å²) in [5.74, 6) is 0.709. The van der Waals surface area contributed by atoms with Gasteiger partial charge in [0, 0.05) is 35.9 Å². The van der Waals surface area contributed by atoms with Crippen LogP contribution in [0.4, 0.5) is 0 Å². The molecule has 0 fully saturated rings. The average Bonchev–Trinajstić information content (AvgIpc) is 2.48. The van der Waals surface area contributed by atoms with Crippen LogP contribution in [0.3, 0.4) is 0 Å². The highest BCUT2D eigenvalue weighted by atomic mass is 127. The van der Waals surface area contributed by atoms with Gasteiger partial charge in [-0.3, -0.25) is 9.97 Å². The average molecular weight is 360 g/mol. The van der Waals surface area contributed by atoms with E-state index in [1.807, 2.05) is 30.3 Å². The lowest BCUT2D eigenvalue weighted by Gasteiger charge is -2.05. The quantitative estimate of drug-likeness (QED) is 0.520. The summed E-state index contributed by atoms with van der Waals surface area (Å²) in [6, 6.07) is 9.65. The Morgan fingerprint density at radius 2 is 1.32 bits per heavy atom. The van der Waals surface area contributed by atoms with Crippen molar-refractivity contribution in [3.63, 3.8) is 0 Å². The van der Waals surface area contributed by atoms with Crippen molar-refractivity contribution in [3.05, 3.63) is 58.8 Å². The Labute approximate surface area is 124 Å². The van der Waals surface area contributed by atoms with Gasteiger partial charge >= 0.3 is 0 Å². The molecular weight excluding hydrogens is 351 g/mol. The van der Waals surface area contributed by atoms with Crippen LogP contribution in [-0.2, 0) is 0 Å². The van der Waals surface area contributed by atoms with Crippen LogP contribution in [0.25, 0.3) is 22.6 Å². The molecule has 0 aromatic carbocycles. The van der Waals surface area contributed by atoms with E-state index < -0.39 is 0 Å². The second-order valence-corrected chi connectivity index (χ2v) is 4.98. The van der Waals surface area contributed by atoms with Crippen molar-refractivity contribution >= 4 is 22.6 Å². The largest absolute Gasteiger partial charge is 0.265 e. The SMILES string of the molecule is Ic1cc(-c2ccncc2)nc(-c2ccncc2)n1. The van der Waals surface area contributed by atoms with Gasteiger partial charge in [0.15, 0.2) is 5.82 Å². The molecule has 0 spiro atoms. The number of nitrogens with zero attached hydrogens (tertiary/aromatic N) is 4. The van der Waals surface area contributed by atoms with Crippen molar-refractivity contribution in [1.29, 1.82) is 0 Å². The number of hydrogen-bond acceptors (Lipinski definition) is 4. The van der Waals surface area contributed by atoms with Crippen LogP contribution in [0, 0.1) is 3.70 Å². The number of pyridine rings is 2. The Kier molecular flexibility index (Phi) is 3.45. The van der Waals surface area contributed by atoms with Gasteiger partial charge in [-0.2, -0.15) is 0 Å². The Balaban J connectivity index is 2.12. The second-order valence-electron chi connectivity index (χ2n) is 3.87. The molecule has 0 bridgehead atoms. The third-order valence-electron chi connectivity index (χ3n) is 2.61. The Hall–Kier alpha value is -1.89. The number of hydrogen-bond donors (Lipinski definition) is 0. The van der Waals surface area contributed by atoms with Crippen molar-refractivity contribution in [2.75, 3.05) is 0 Å². The summed E-state index contributed by atoms with van der Waals surface area (Å²) in [5.41, 5.74) is 2.89. The van der Waals surface area contributed by atoms with Crippen molar-refractivity contribution in [2.45, 2.75) is 0 Å². The van der Waals surface area contributed by atoms with Crippen molar-refractivity contribution in [3.8, 4) is 22.6 Å². The summed E-state index contributed by atoms with van der Waals surface area (Å²) < 4.78 is 0.909. The Morgan fingerprint density at radius 3 is 1.95 bits per heavy atom. The topological polar surface area (TPSA) is 51.6 Å². The van der Waals surface area contributed by atoms with E-state index in [1.54, 1.807) is 24.8 Å². The molecule has 3 heterocycles. The van der Waals surface area contributed by atoms with Gasteiger partial charge in [0.25, 0.3) is 0 Å². The maximum Gasteiger partial charge on any atom is 0.161 e. The molecular formula is C14H9IN4. The van der Waals surface area contributed by atoms with Gasteiger partial charge in [0.1, 0.15) is 3.70 Å². The van der Waals surface area contributed by atoms with Crippen molar-refractivity contribution in [1.82, 2.24) is 19.9 Å². The second kappa shape index (κ2) is 5.40. The van der Waals surface area contributed by atoms with Gasteiger partial charge in [0.2, 0.25) is 0 Å². The molecule has 0 radical (unpaired) electrons. The minimum atomic E-state index is 0.709. The smallest absolute Gasteiger partial charge is 0.161 e. The summed E-state index contributed by atoms with van der Waals surface area (Å²) in [4.78, 5) is 17.1. The van der Waals surface area contributed by atoms with Crippen LogP contribution in [0.2, 0.25) is 0 Å². The van der Waals surface area contributed by atoms with Gasteiger partial charge in [-0.1, -0.05) is 0 Å². The molecule has 0 saturated heterocycles. The monoisotopic (exact) mass is 360 g/mol. The van der Waals surface area contributed by atoms with E-state index in [1.165, 1.54) is 0 Å². The zero-order valence-corrected chi connectivity index (χ0v) is 12.0. The van der Waals surface area contributed by atoms with Crippen LogP contribution in [0.5, 0.6) is 0 Å². The fourth-order valence-corrected chi connectivity index (χ4v) is 2.24. The van der Waals surface area contributed by atoms with Gasteiger partial charge in [-0.15, -0.1) is 0 Å². The van der Waals surface area contributed by atoms with Crippen molar-refractivity contribution in [2.24, 2.45) is 0 Å². The van der Waals surface area contributed by atoms with E-state index in [0.29, 0.717) is 5.82 Å². The lowest BCUT2D eigenvalue weighted by Crippen LogP contribution is -1.95. The summed E-state index contributed by atoms with van der Waals surface area (Å²) in [7, 11) is 0. The van der Waals surface area contributed by atoms with Gasteiger partial charge in [-0.05, 0) is 52.9 Å². The minimum absolute atomic E-state index is 0.709. The molecule has 0 amide bonds. The normalized spacial score (nSPS) is 10.4. The van der Waals surface area contributed by atoms with Gasteiger partial charge in [-0.25, -0.2) is 9.97 Å². The van der Waals surface area contributed by atoms with E-state index in [4.69, 9.17) is 0 Å². The highest BCUT2D eigenvalue weighted by molar-refractivity contribution is 14.1. The molecule has 4 nitrogen and oxygen atoms in total. The molecule has 0 aliphatic carbocycles. The molecule has 0 saturated carbocycles. The highest BCUT2D eigenvalue weighted by Gasteiger charge is 2.07. The fraction of sp³-hybridized carbons (Fsp3) is 0. The van der Waals surface area contributed by atoms with E-state index in [-0.39, 0.29) is 0 Å². The Bertz CT molecular complexity index is 629. The van der Waals surface area contributed by atoms with E-state index in [0.717, 1.165) is 20.5 Å². The lowest BCUT2D eigenvalue weighted by atomic mass is 10.2. The number of halogens is 1. The van der Waals surface area contributed by atoms with E-state index in [2.05, 4.69) is 42.5 Å². The summed E-state index contributed by atoms with van der Waals surface area (Å²) >= 11 is 2.20. The summed E-state index contributed by atoms with van der Waals surface area (Å²) in [5, 5.41) is 0. The van der Waals surface area contributed by atoms with Crippen LogP contribution in [0.1, 0.15) is 0 Å². The first-order chi connectivity index (χ1) is 9.33. The molecule has 0 unspecified atom stereocenters. The maximum absolute atomic E-state index is 4.60. The standard InChI is InChI=1S/C14H9IN4/c15-13-9-12(10-1-5-16-6-2-10)18-14(19-13)11-3-7-17-8-4-11/h1-9H. The predicted octanol–water partition coefficient (Wildman–Crippen LogP) is 3.21. The predicted molar refractivity (Wildman–Crippen MR) is 81.2 cm³/mol. The molecule has 0 aliphatic heterocycles. The van der Waals surface area contributed by atoms with Crippen LogP contribution in [-0.4, -0.2) is 19.9 Å².